The average molecular weight is 528 g/mol. The van der Waals surface area contributed by atoms with Crippen LogP contribution in [-0.4, -0.2) is 31.2 Å². The van der Waals surface area contributed by atoms with Gasteiger partial charge in [0.1, 0.15) is 11.6 Å². The second kappa shape index (κ2) is 10.8. The number of nitrogens with zero attached hydrogens (tertiary/aromatic N) is 1. The molecule has 2 aliphatic rings. The van der Waals surface area contributed by atoms with E-state index in [2.05, 4.69) is 11.0 Å². The zero-order valence-electron chi connectivity index (χ0n) is 19.8. The lowest BCUT2D eigenvalue weighted by Gasteiger charge is -2.33. The van der Waals surface area contributed by atoms with Gasteiger partial charge in [-0.05, 0) is 95.0 Å². The van der Waals surface area contributed by atoms with E-state index in [1.54, 1.807) is 18.2 Å². The van der Waals surface area contributed by atoms with Gasteiger partial charge in [0.05, 0.1) is 6.67 Å². The van der Waals surface area contributed by atoms with Crippen LogP contribution in [0.1, 0.15) is 47.1 Å². The van der Waals surface area contributed by atoms with Crippen LogP contribution < -0.4 is 0 Å². The van der Waals surface area contributed by atoms with Crippen molar-refractivity contribution in [1.82, 2.24) is 4.90 Å². The number of likely N-dealkylation sites (tertiary alicyclic amines) is 1. The quantitative estimate of drug-likeness (QED) is 0.310. The predicted molar refractivity (Wildman–Crippen MR) is 143 cm³/mol. The molecule has 1 fully saturated rings. The molecule has 36 heavy (non-hydrogen) atoms. The summed E-state index contributed by atoms with van der Waals surface area (Å²) >= 11 is 12.8. The van der Waals surface area contributed by atoms with Crippen molar-refractivity contribution >= 4 is 40.4 Å². The highest BCUT2D eigenvalue weighted by Crippen LogP contribution is 2.42. The lowest BCUT2D eigenvalue weighted by molar-refractivity contribution is 0.239. The van der Waals surface area contributed by atoms with Gasteiger partial charge in [-0.25, -0.2) is 8.78 Å². The van der Waals surface area contributed by atoms with Crippen molar-refractivity contribution in [2.75, 3.05) is 26.3 Å². The highest BCUT2D eigenvalue weighted by molar-refractivity contribution is 6.36. The maximum absolute atomic E-state index is 15.4. The van der Waals surface area contributed by atoms with Crippen LogP contribution in [0.25, 0.3) is 17.2 Å². The summed E-state index contributed by atoms with van der Waals surface area (Å²) in [6, 6.07) is 16.2. The third-order valence-electron chi connectivity index (χ3n) is 6.90. The molecule has 0 aromatic heterocycles. The highest BCUT2D eigenvalue weighted by Gasteiger charge is 2.24. The van der Waals surface area contributed by atoms with Crippen molar-refractivity contribution in [2.45, 2.75) is 25.7 Å². The number of hydrogen-bond acceptors (Lipinski definition) is 1. The molecule has 1 aliphatic heterocycles. The van der Waals surface area contributed by atoms with E-state index < -0.39 is 11.6 Å². The summed E-state index contributed by atoms with van der Waals surface area (Å²) < 4.78 is 43.2. The Morgan fingerprint density at radius 2 is 1.64 bits per heavy atom. The first-order valence-electron chi connectivity index (χ1n) is 12.2. The molecule has 5 rings (SSSR count). The molecule has 1 aliphatic carbocycles. The number of aryl methyl sites for hydroxylation is 1. The fourth-order valence-electron chi connectivity index (χ4n) is 5.19. The van der Waals surface area contributed by atoms with Gasteiger partial charge in [-0.1, -0.05) is 53.5 Å². The minimum atomic E-state index is -0.601. The Balaban J connectivity index is 1.60. The van der Waals surface area contributed by atoms with E-state index in [9.17, 15) is 4.39 Å². The van der Waals surface area contributed by atoms with Crippen molar-refractivity contribution in [1.29, 1.82) is 0 Å². The number of rotatable bonds is 6. The number of fused-ring (bicyclic) bond motifs is 1. The maximum atomic E-state index is 15.4. The van der Waals surface area contributed by atoms with Crippen molar-refractivity contribution in [2.24, 2.45) is 0 Å². The predicted octanol–water partition coefficient (Wildman–Crippen LogP) is 8.63. The molecule has 6 heteroatoms. The molecule has 3 aromatic rings. The molecule has 0 unspecified atom stereocenters. The van der Waals surface area contributed by atoms with Crippen LogP contribution in [0.3, 0.4) is 0 Å². The second-order valence-electron chi connectivity index (χ2n) is 9.40. The van der Waals surface area contributed by atoms with Gasteiger partial charge in [0.15, 0.2) is 0 Å². The lowest BCUT2D eigenvalue weighted by Crippen LogP contribution is -2.40. The van der Waals surface area contributed by atoms with Crippen molar-refractivity contribution in [3.05, 3.63) is 110 Å². The Morgan fingerprint density at radius 1 is 0.889 bits per heavy atom. The molecule has 1 heterocycles. The van der Waals surface area contributed by atoms with Crippen molar-refractivity contribution in [3.63, 3.8) is 0 Å². The first-order valence-corrected chi connectivity index (χ1v) is 12.9. The minimum absolute atomic E-state index is 0.0347. The molecule has 186 valence electrons. The summed E-state index contributed by atoms with van der Waals surface area (Å²) in [5, 5.41) is 1.05. The van der Waals surface area contributed by atoms with E-state index in [1.165, 1.54) is 12.1 Å². The molecule has 0 N–H and O–H groups in total. The van der Waals surface area contributed by atoms with E-state index >= 15 is 8.78 Å². The molecule has 0 radical (unpaired) electrons. The van der Waals surface area contributed by atoms with Gasteiger partial charge in [0.25, 0.3) is 0 Å². The van der Waals surface area contributed by atoms with E-state index in [4.69, 9.17) is 23.2 Å². The summed E-state index contributed by atoms with van der Waals surface area (Å²) in [5.74, 6) is -1.20. The van der Waals surface area contributed by atoms with Crippen LogP contribution in [0.15, 0.2) is 60.2 Å². The molecule has 0 amide bonds. The largest absolute Gasteiger partial charge is 0.295 e. The zero-order chi connectivity index (χ0) is 25.2. The minimum Gasteiger partial charge on any atom is -0.295 e. The molecule has 1 nitrogen and oxygen atoms in total. The monoisotopic (exact) mass is 527 g/mol. The molecule has 1 saturated heterocycles. The summed E-state index contributed by atoms with van der Waals surface area (Å²) in [6.45, 7) is 1.51. The summed E-state index contributed by atoms with van der Waals surface area (Å²) in [4.78, 5) is 2.06. The van der Waals surface area contributed by atoms with Gasteiger partial charge in [-0.15, -0.1) is 0 Å². The Kier molecular flexibility index (Phi) is 7.57. The zero-order valence-corrected chi connectivity index (χ0v) is 21.3. The number of allylic oxidation sites excluding steroid dienone is 1. The standard InChI is InChI=1S/C30H26Cl2F3N/c31-22-9-10-24(27(32)16-22)25-8-3-6-20-5-1-2-7-23(20)30(25)21-14-28(34)26(29(35)15-21)13-19-17-36(18-19)12-4-11-33/h1-2,5,7,9-10,13-16H,3-4,6,8,11-12,17-18H2. The van der Waals surface area contributed by atoms with E-state index in [-0.39, 0.29) is 12.2 Å². The van der Waals surface area contributed by atoms with Crippen LogP contribution in [-0.2, 0) is 6.42 Å². The van der Waals surface area contributed by atoms with Gasteiger partial charge in [-0.2, -0.15) is 0 Å². The van der Waals surface area contributed by atoms with Gasteiger partial charge in [0, 0.05) is 35.2 Å². The normalized spacial score (nSPS) is 16.0. The van der Waals surface area contributed by atoms with Crippen LogP contribution in [0.5, 0.6) is 0 Å². The van der Waals surface area contributed by atoms with E-state index in [0.717, 1.165) is 52.7 Å². The molecule has 0 saturated carbocycles. The molecular weight excluding hydrogens is 502 g/mol. The summed E-state index contributed by atoms with van der Waals surface area (Å²) in [6.07, 6.45) is 4.54. The fourth-order valence-corrected chi connectivity index (χ4v) is 5.71. The Morgan fingerprint density at radius 3 is 2.36 bits per heavy atom. The summed E-state index contributed by atoms with van der Waals surface area (Å²) in [5.41, 5.74) is 6.06. The van der Waals surface area contributed by atoms with Gasteiger partial charge >= 0.3 is 0 Å². The molecule has 0 bridgehead atoms. The SMILES string of the molecule is FCCCN1CC(=Cc2c(F)cc(C3=C(c4ccc(Cl)cc4Cl)CCCc4ccccc43)cc2F)C1. The van der Waals surface area contributed by atoms with Crippen LogP contribution in [0.2, 0.25) is 10.0 Å². The topological polar surface area (TPSA) is 3.24 Å². The first kappa shape index (κ1) is 25.1. The second-order valence-corrected chi connectivity index (χ2v) is 10.2. The van der Waals surface area contributed by atoms with Crippen LogP contribution in [0, 0.1) is 11.6 Å². The van der Waals surface area contributed by atoms with Crippen LogP contribution in [0.4, 0.5) is 13.2 Å². The Labute approximate surface area is 219 Å². The van der Waals surface area contributed by atoms with Crippen LogP contribution >= 0.6 is 23.2 Å². The number of hydrogen-bond donors (Lipinski definition) is 0. The average Bonchev–Trinajstić information content (AvgIpc) is 3.01. The third-order valence-corrected chi connectivity index (χ3v) is 7.44. The number of benzene rings is 3. The lowest BCUT2D eigenvalue weighted by atomic mass is 9.87. The van der Waals surface area contributed by atoms with Gasteiger partial charge < -0.3 is 0 Å². The first-order chi connectivity index (χ1) is 17.4. The van der Waals surface area contributed by atoms with Crippen molar-refractivity contribution < 1.29 is 13.2 Å². The highest BCUT2D eigenvalue weighted by atomic mass is 35.5. The van der Waals surface area contributed by atoms with Gasteiger partial charge in [-0.3, -0.25) is 9.29 Å². The molecule has 3 aromatic carbocycles. The Bertz CT molecular complexity index is 1330. The van der Waals surface area contributed by atoms with Gasteiger partial charge in [0.2, 0.25) is 0 Å². The maximum Gasteiger partial charge on any atom is 0.133 e. The molecule has 0 spiro atoms. The fraction of sp³-hybridized carbons (Fsp3) is 0.267. The van der Waals surface area contributed by atoms with Crippen molar-refractivity contribution in [3.8, 4) is 0 Å². The third kappa shape index (κ3) is 5.13. The van der Waals surface area contributed by atoms with E-state index in [0.29, 0.717) is 41.7 Å². The Hall–Kier alpha value is -2.53. The smallest absolute Gasteiger partial charge is 0.133 e. The molecule has 0 atom stereocenters. The number of alkyl halides is 1. The number of halogens is 5. The summed E-state index contributed by atoms with van der Waals surface area (Å²) in [7, 11) is 0. The molecular formula is C30H26Cl2F3N. The van der Waals surface area contributed by atoms with E-state index in [1.807, 2.05) is 24.3 Å².